The van der Waals surface area contributed by atoms with Crippen LogP contribution in [0, 0.1) is 0 Å². The number of carbonyl (C=O) groups is 3. The fraction of sp³-hybridized carbons (Fsp3) is 0.0417. The number of hydrogen-bond acceptors (Lipinski definition) is 4. The van der Waals surface area contributed by atoms with Gasteiger partial charge in [-0.1, -0.05) is 62.9 Å². The molecular formula is C24H14BrCl3N2O4. The quantitative estimate of drug-likeness (QED) is 0.271. The minimum absolute atomic E-state index is 0.192. The molecule has 10 heteroatoms. The number of nitrogens with zero attached hydrogens (tertiary/aromatic N) is 1. The number of imide groups is 2. The lowest BCUT2D eigenvalue weighted by Crippen LogP contribution is -2.54. The summed E-state index contributed by atoms with van der Waals surface area (Å²) in [6.45, 7) is 0.211. The Hall–Kier alpha value is -2.84. The van der Waals surface area contributed by atoms with Crippen molar-refractivity contribution in [3.63, 3.8) is 0 Å². The molecule has 1 aliphatic heterocycles. The smallest absolute Gasteiger partial charge is 0.335 e. The summed E-state index contributed by atoms with van der Waals surface area (Å²) >= 11 is 21.9. The first-order valence-corrected chi connectivity index (χ1v) is 11.7. The summed E-state index contributed by atoms with van der Waals surface area (Å²) in [5.74, 6) is -1.34. The van der Waals surface area contributed by atoms with E-state index in [0.717, 1.165) is 14.9 Å². The molecular weight excluding hydrogens is 567 g/mol. The van der Waals surface area contributed by atoms with Crippen LogP contribution in [0.3, 0.4) is 0 Å². The number of hydrogen-bond donors (Lipinski definition) is 1. The molecule has 0 atom stereocenters. The zero-order chi connectivity index (χ0) is 24.4. The summed E-state index contributed by atoms with van der Waals surface area (Å²) in [7, 11) is 0. The van der Waals surface area contributed by atoms with Crippen molar-refractivity contribution in [1.82, 2.24) is 5.32 Å². The Morgan fingerprint density at radius 2 is 1.53 bits per heavy atom. The van der Waals surface area contributed by atoms with Gasteiger partial charge in [0.25, 0.3) is 11.8 Å². The molecule has 1 saturated heterocycles. The van der Waals surface area contributed by atoms with Crippen LogP contribution in [-0.2, 0) is 16.2 Å². The van der Waals surface area contributed by atoms with E-state index in [4.69, 9.17) is 39.5 Å². The van der Waals surface area contributed by atoms with Crippen LogP contribution in [0.5, 0.6) is 5.75 Å². The second kappa shape index (κ2) is 10.2. The number of ether oxygens (including phenoxy) is 1. The van der Waals surface area contributed by atoms with Gasteiger partial charge < -0.3 is 4.74 Å². The van der Waals surface area contributed by atoms with E-state index >= 15 is 0 Å². The number of urea groups is 1. The zero-order valence-electron chi connectivity index (χ0n) is 17.2. The fourth-order valence-electron chi connectivity index (χ4n) is 3.19. The van der Waals surface area contributed by atoms with Gasteiger partial charge in [0.2, 0.25) is 0 Å². The van der Waals surface area contributed by atoms with Crippen LogP contribution < -0.4 is 15.0 Å². The van der Waals surface area contributed by atoms with Crippen molar-refractivity contribution < 1.29 is 19.1 Å². The van der Waals surface area contributed by atoms with E-state index < -0.39 is 17.8 Å². The molecule has 0 unspecified atom stereocenters. The van der Waals surface area contributed by atoms with Crippen LogP contribution >= 0.6 is 50.7 Å². The summed E-state index contributed by atoms with van der Waals surface area (Å²) in [6.07, 6.45) is 1.32. The monoisotopic (exact) mass is 578 g/mol. The van der Waals surface area contributed by atoms with Gasteiger partial charge in [0.1, 0.15) is 12.2 Å². The average molecular weight is 581 g/mol. The van der Waals surface area contributed by atoms with Gasteiger partial charge in [-0.3, -0.25) is 14.9 Å². The third-order valence-electron chi connectivity index (χ3n) is 4.81. The predicted molar refractivity (Wildman–Crippen MR) is 135 cm³/mol. The van der Waals surface area contributed by atoms with E-state index in [1.807, 2.05) is 12.1 Å². The van der Waals surface area contributed by atoms with E-state index in [0.29, 0.717) is 16.3 Å². The highest BCUT2D eigenvalue weighted by atomic mass is 79.9. The van der Waals surface area contributed by atoms with E-state index in [1.54, 1.807) is 36.4 Å². The number of rotatable bonds is 5. The lowest BCUT2D eigenvalue weighted by Gasteiger charge is -2.26. The summed E-state index contributed by atoms with van der Waals surface area (Å²) in [5, 5.41) is 3.17. The van der Waals surface area contributed by atoms with Crippen LogP contribution in [0.2, 0.25) is 15.1 Å². The van der Waals surface area contributed by atoms with Gasteiger partial charge in [-0.25, -0.2) is 9.69 Å². The largest absolute Gasteiger partial charge is 0.486 e. The lowest BCUT2D eigenvalue weighted by molar-refractivity contribution is -0.122. The molecule has 3 aromatic carbocycles. The Bertz CT molecular complexity index is 1300. The number of anilines is 1. The molecule has 3 aromatic rings. The lowest BCUT2D eigenvalue weighted by atomic mass is 10.1. The maximum Gasteiger partial charge on any atom is 0.335 e. The Labute approximate surface area is 218 Å². The van der Waals surface area contributed by atoms with Crippen LogP contribution in [0.4, 0.5) is 10.5 Å². The molecule has 0 aromatic heterocycles. The fourth-order valence-corrected chi connectivity index (χ4v) is 4.19. The minimum atomic E-state index is -0.837. The van der Waals surface area contributed by atoms with Crippen molar-refractivity contribution >= 4 is 80.3 Å². The van der Waals surface area contributed by atoms with Gasteiger partial charge in [-0.15, -0.1) is 0 Å². The molecule has 4 rings (SSSR count). The molecule has 1 heterocycles. The van der Waals surface area contributed by atoms with Crippen molar-refractivity contribution in [2.45, 2.75) is 6.61 Å². The number of amides is 4. The van der Waals surface area contributed by atoms with Crippen LogP contribution in [0.1, 0.15) is 11.1 Å². The molecule has 0 aliphatic carbocycles. The Morgan fingerprint density at radius 3 is 2.15 bits per heavy atom. The first kappa shape index (κ1) is 24.3. The van der Waals surface area contributed by atoms with Crippen molar-refractivity contribution in [2.24, 2.45) is 0 Å². The van der Waals surface area contributed by atoms with Crippen molar-refractivity contribution in [3.8, 4) is 5.75 Å². The first-order chi connectivity index (χ1) is 16.2. The molecule has 4 amide bonds. The van der Waals surface area contributed by atoms with Gasteiger partial charge in [-0.05, 0) is 65.7 Å². The standard InChI is InChI=1S/C24H14BrCl3N2O4/c25-15-3-7-17(8-4-15)30-23(32)18(22(31)29-24(30)33)9-14-10-19(27)21(20(28)11-14)34-12-13-1-5-16(26)6-2-13/h1-11H,12H2,(H,29,31,33)/b18-9+. The summed E-state index contributed by atoms with van der Waals surface area (Å²) in [5.41, 5.74) is 1.32. The zero-order valence-corrected chi connectivity index (χ0v) is 21.0. The van der Waals surface area contributed by atoms with Crippen molar-refractivity contribution in [1.29, 1.82) is 0 Å². The molecule has 0 bridgehead atoms. The highest BCUT2D eigenvalue weighted by molar-refractivity contribution is 9.10. The molecule has 0 spiro atoms. The topological polar surface area (TPSA) is 75.7 Å². The molecule has 1 N–H and O–H groups in total. The SMILES string of the molecule is O=C1NC(=O)N(c2ccc(Br)cc2)C(=O)/C1=C/c1cc(Cl)c(OCc2ccc(Cl)cc2)c(Cl)c1. The normalized spacial score (nSPS) is 15.0. The number of carbonyl (C=O) groups excluding carboxylic acids is 3. The Balaban J connectivity index is 1.60. The Kier molecular flexibility index (Phi) is 7.28. The summed E-state index contributed by atoms with van der Waals surface area (Å²) in [6, 6.07) is 15.8. The van der Waals surface area contributed by atoms with Gasteiger partial charge in [-0.2, -0.15) is 0 Å². The number of nitrogens with one attached hydrogen (secondary N) is 1. The van der Waals surface area contributed by atoms with Crippen LogP contribution in [0.25, 0.3) is 6.08 Å². The molecule has 0 radical (unpaired) electrons. The van der Waals surface area contributed by atoms with E-state index in [-0.39, 0.29) is 28.0 Å². The maximum atomic E-state index is 13.0. The summed E-state index contributed by atoms with van der Waals surface area (Å²) < 4.78 is 6.52. The molecule has 172 valence electrons. The highest BCUT2D eigenvalue weighted by Gasteiger charge is 2.36. The molecule has 34 heavy (non-hydrogen) atoms. The van der Waals surface area contributed by atoms with E-state index in [1.165, 1.54) is 18.2 Å². The van der Waals surface area contributed by atoms with Gasteiger partial charge in [0.15, 0.2) is 5.75 Å². The third-order valence-corrected chi connectivity index (χ3v) is 6.16. The minimum Gasteiger partial charge on any atom is -0.486 e. The highest BCUT2D eigenvalue weighted by Crippen LogP contribution is 2.36. The predicted octanol–water partition coefficient (Wildman–Crippen LogP) is 6.65. The second-order valence-electron chi connectivity index (χ2n) is 7.16. The molecule has 6 nitrogen and oxygen atoms in total. The number of benzene rings is 3. The summed E-state index contributed by atoms with van der Waals surface area (Å²) in [4.78, 5) is 38.6. The van der Waals surface area contributed by atoms with Gasteiger partial charge in [0, 0.05) is 9.50 Å². The Morgan fingerprint density at radius 1 is 0.912 bits per heavy atom. The van der Waals surface area contributed by atoms with Crippen LogP contribution in [-0.4, -0.2) is 17.8 Å². The van der Waals surface area contributed by atoms with Gasteiger partial charge >= 0.3 is 6.03 Å². The number of halogens is 4. The van der Waals surface area contributed by atoms with Crippen LogP contribution in [0.15, 0.2) is 70.7 Å². The first-order valence-electron chi connectivity index (χ1n) is 9.76. The van der Waals surface area contributed by atoms with E-state index in [2.05, 4.69) is 21.2 Å². The molecule has 1 aliphatic rings. The third kappa shape index (κ3) is 5.28. The van der Waals surface area contributed by atoms with Crippen molar-refractivity contribution in [2.75, 3.05) is 4.90 Å². The number of barbiturate groups is 1. The average Bonchev–Trinajstić information content (AvgIpc) is 2.78. The maximum absolute atomic E-state index is 13.0. The second-order valence-corrected chi connectivity index (χ2v) is 9.33. The van der Waals surface area contributed by atoms with E-state index in [9.17, 15) is 14.4 Å². The molecule has 0 saturated carbocycles. The van der Waals surface area contributed by atoms with Gasteiger partial charge in [0.05, 0.1) is 15.7 Å². The van der Waals surface area contributed by atoms with Crippen molar-refractivity contribution in [3.05, 3.63) is 96.9 Å². The molecule has 1 fully saturated rings.